The van der Waals surface area contributed by atoms with Gasteiger partial charge in [0.2, 0.25) is 0 Å². The van der Waals surface area contributed by atoms with E-state index in [1.807, 2.05) is 19.1 Å². The van der Waals surface area contributed by atoms with Crippen LogP contribution in [0.3, 0.4) is 0 Å². The van der Waals surface area contributed by atoms with Crippen LogP contribution in [-0.4, -0.2) is 5.11 Å². The van der Waals surface area contributed by atoms with Crippen LogP contribution < -0.4 is 4.74 Å². The predicted molar refractivity (Wildman–Crippen MR) is 111 cm³/mol. The number of allylic oxidation sites excluding steroid dienone is 1. The van der Waals surface area contributed by atoms with Crippen LogP contribution in [0.25, 0.3) is 11.1 Å². The third kappa shape index (κ3) is 3.51. The van der Waals surface area contributed by atoms with E-state index in [0.29, 0.717) is 17.2 Å². The average Bonchev–Trinajstić information content (AvgIpc) is 2.70. The molecule has 0 aliphatic carbocycles. The Labute approximate surface area is 169 Å². The first-order valence-electron chi connectivity index (χ1n) is 9.61. The molecule has 1 aliphatic rings. The molecular formula is C25H22F2O2. The number of benzene rings is 3. The number of hydrogen-bond donors (Lipinski definition) is 1. The molecule has 2 nitrogen and oxygen atoms in total. The van der Waals surface area contributed by atoms with E-state index in [1.165, 1.54) is 29.8 Å². The highest BCUT2D eigenvalue weighted by atomic mass is 19.1. The zero-order valence-electron chi connectivity index (χ0n) is 16.5. The molecule has 0 saturated carbocycles. The summed E-state index contributed by atoms with van der Waals surface area (Å²) in [7, 11) is 0. The van der Waals surface area contributed by atoms with E-state index in [1.54, 1.807) is 12.1 Å². The molecule has 0 unspecified atom stereocenters. The van der Waals surface area contributed by atoms with Crippen LogP contribution >= 0.6 is 0 Å². The summed E-state index contributed by atoms with van der Waals surface area (Å²) in [6, 6.07) is 17.0. The van der Waals surface area contributed by atoms with E-state index in [2.05, 4.69) is 26.0 Å². The molecule has 3 aromatic carbocycles. The summed E-state index contributed by atoms with van der Waals surface area (Å²) in [4.78, 5) is 0. The van der Waals surface area contributed by atoms with Crippen LogP contribution in [-0.2, 0) is 0 Å². The highest BCUT2D eigenvalue weighted by Crippen LogP contribution is 2.47. The summed E-state index contributed by atoms with van der Waals surface area (Å²) < 4.78 is 33.8. The second-order valence-corrected chi connectivity index (χ2v) is 7.66. The summed E-state index contributed by atoms with van der Waals surface area (Å²) in [5, 5.41) is 9.82. The van der Waals surface area contributed by atoms with Crippen LogP contribution in [0.1, 0.15) is 55.0 Å². The highest BCUT2D eigenvalue weighted by molar-refractivity contribution is 5.95. The molecule has 4 heteroatoms. The van der Waals surface area contributed by atoms with Crippen LogP contribution in [0.5, 0.6) is 11.5 Å². The lowest BCUT2D eigenvalue weighted by Gasteiger charge is -2.31. The molecule has 0 fully saturated rings. The van der Waals surface area contributed by atoms with Crippen molar-refractivity contribution in [2.24, 2.45) is 0 Å². The largest absolute Gasteiger partial charge is 0.505 e. The number of hydrogen-bond acceptors (Lipinski definition) is 2. The van der Waals surface area contributed by atoms with E-state index in [9.17, 15) is 13.9 Å². The van der Waals surface area contributed by atoms with Gasteiger partial charge in [0, 0.05) is 17.2 Å². The van der Waals surface area contributed by atoms with Gasteiger partial charge in [-0.2, -0.15) is 0 Å². The molecule has 3 aromatic rings. The Morgan fingerprint density at radius 2 is 1.59 bits per heavy atom. The second-order valence-electron chi connectivity index (χ2n) is 7.66. The zero-order valence-corrected chi connectivity index (χ0v) is 16.5. The van der Waals surface area contributed by atoms with Crippen molar-refractivity contribution in [1.29, 1.82) is 0 Å². The molecule has 4 rings (SSSR count). The lowest BCUT2D eigenvalue weighted by atomic mass is 9.85. The first-order chi connectivity index (χ1) is 13.8. The van der Waals surface area contributed by atoms with Crippen molar-refractivity contribution in [3.8, 4) is 11.5 Å². The maximum atomic E-state index is 14.0. The number of rotatable bonds is 3. The molecule has 0 radical (unpaired) electrons. The smallest absolute Gasteiger partial charge is 0.165 e. The molecule has 1 heterocycles. The van der Waals surface area contributed by atoms with Crippen molar-refractivity contribution in [2.75, 3.05) is 0 Å². The standard InChI is InChI=1S/C25H22F2O2/c1-14(2)16-4-6-18(7-5-16)25-24(17-8-10-19(26)11-9-17)15(3)20-12-21(27)22(28)13-23(20)29-25/h4-14,25,28H,1-3H3/t25-/m0/s1. The Morgan fingerprint density at radius 3 is 2.21 bits per heavy atom. The van der Waals surface area contributed by atoms with Crippen LogP contribution in [0.15, 0.2) is 60.7 Å². The molecule has 29 heavy (non-hydrogen) atoms. The average molecular weight is 392 g/mol. The van der Waals surface area contributed by atoms with Crippen molar-refractivity contribution in [1.82, 2.24) is 0 Å². The number of phenols is 1. The third-order valence-corrected chi connectivity index (χ3v) is 5.43. The monoisotopic (exact) mass is 392 g/mol. The summed E-state index contributed by atoms with van der Waals surface area (Å²) in [5.74, 6) is -0.644. The maximum Gasteiger partial charge on any atom is 0.165 e. The molecule has 0 spiro atoms. The Kier molecular flexibility index (Phi) is 4.87. The number of fused-ring (bicyclic) bond motifs is 1. The summed E-state index contributed by atoms with van der Waals surface area (Å²) in [5.41, 5.74) is 5.21. The number of ether oxygens (including phenoxy) is 1. The van der Waals surface area contributed by atoms with Gasteiger partial charge in [-0.25, -0.2) is 8.78 Å². The molecule has 0 bridgehead atoms. The van der Waals surface area contributed by atoms with Crippen molar-refractivity contribution in [3.05, 3.63) is 94.6 Å². The fourth-order valence-electron chi connectivity index (χ4n) is 3.75. The van der Waals surface area contributed by atoms with Gasteiger partial charge in [-0.15, -0.1) is 0 Å². The minimum atomic E-state index is -0.704. The number of halogens is 2. The Bertz CT molecular complexity index is 1080. The second kappa shape index (κ2) is 7.36. The first kappa shape index (κ1) is 19.2. The van der Waals surface area contributed by atoms with Crippen LogP contribution in [0.2, 0.25) is 0 Å². The van der Waals surface area contributed by atoms with E-state index in [4.69, 9.17) is 4.74 Å². The highest BCUT2D eigenvalue weighted by Gasteiger charge is 2.30. The number of aromatic hydroxyl groups is 1. The predicted octanol–water partition coefficient (Wildman–Crippen LogP) is 6.86. The van der Waals surface area contributed by atoms with Gasteiger partial charge in [0.1, 0.15) is 17.7 Å². The Balaban J connectivity index is 1.90. The normalized spacial score (nSPS) is 16.0. The minimum absolute atomic E-state index is 0.321. The van der Waals surface area contributed by atoms with E-state index < -0.39 is 17.7 Å². The Hall–Kier alpha value is -3.14. The quantitative estimate of drug-likeness (QED) is 0.528. The molecule has 0 amide bonds. The number of phenolic OH excluding ortho intramolecular Hbond substituents is 1. The fraction of sp³-hybridized carbons (Fsp3) is 0.200. The lowest BCUT2D eigenvalue weighted by Crippen LogP contribution is -2.16. The van der Waals surface area contributed by atoms with Gasteiger partial charge in [0.15, 0.2) is 11.6 Å². The molecule has 1 atom stereocenters. The minimum Gasteiger partial charge on any atom is -0.505 e. The molecule has 1 aliphatic heterocycles. The fourth-order valence-corrected chi connectivity index (χ4v) is 3.75. The molecule has 148 valence electrons. The maximum absolute atomic E-state index is 14.0. The summed E-state index contributed by atoms with van der Waals surface area (Å²) >= 11 is 0. The van der Waals surface area contributed by atoms with Gasteiger partial charge in [0.25, 0.3) is 0 Å². The summed E-state index contributed by atoms with van der Waals surface area (Å²) in [6.45, 7) is 6.16. The van der Waals surface area contributed by atoms with Crippen molar-refractivity contribution >= 4 is 11.1 Å². The lowest BCUT2D eigenvalue weighted by molar-refractivity contribution is 0.258. The van der Waals surface area contributed by atoms with E-state index in [-0.39, 0.29) is 5.82 Å². The topological polar surface area (TPSA) is 29.5 Å². The van der Waals surface area contributed by atoms with Crippen molar-refractivity contribution in [2.45, 2.75) is 32.8 Å². The molecule has 1 N–H and O–H groups in total. The molecule has 0 saturated heterocycles. The SMILES string of the molecule is CC1=C(c2ccc(F)cc2)[C@H](c2ccc(C(C)C)cc2)Oc2cc(O)c(F)cc21. The van der Waals surface area contributed by atoms with E-state index >= 15 is 0 Å². The van der Waals surface area contributed by atoms with Gasteiger partial charge in [0.05, 0.1) is 0 Å². The summed E-state index contributed by atoms with van der Waals surface area (Å²) in [6.07, 6.45) is -0.459. The Morgan fingerprint density at radius 1 is 0.931 bits per heavy atom. The van der Waals surface area contributed by atoms with Gasteiger partial charge in [-0.3, -0.25) is 0 Å². The van der Waals surface area contributed by atoms with Crippen molar-refractivity contribution < 1.29 is 18.6 Å². The van der Waals surface area contributed by atoms with Gasteiger partial charge >= 0.3 is 0 Å². The molecular weight excluding hydrogens is 370 g/mol. The van der Waals surface area contributed by atoms with Crippen LogP contribution in [0.4, 0.5) is 8.78 Å². The van der Waals surface area contributed by atoms with E-state index in [0.717, 1.165) is 22.3 Å². The first-order valence-corrected chi connectivity index (χ1v) is 9.61. The van der Waals surface area contributed by atoms with Gasteiger partial charge in [-0.05, 0) is 53.3 Å². The third-order valence-electron chi connectivity index (χ3n) is 5.43. The molecule has 0 aromatic heterocycles. The van der Waals surface area contributed by atoms with Crippen molar-refractivity contribution in [3.63, 3.8) is 0 Å². The van der Waals surface area contributed by atoms with Crippen LogP contribution in [0, 0.1) is 11.6 Å². The van der Waals surface area contributed by atoms with Gasteiger partial charge < -0.3 is 9.84 Å². The zero-order chi connectivity index (χ0) is 20.7. The van der Waals surface area contributed by atoms with Gasteiger partial charge in [-0.1, -0.05) is 50.2 Å².